The third-order valence-electron chi connectivity index (χ3n) is 6.03. The molecule has 1 atom stereocenters. The molecular formula is C26H28N4O5. The second kappa shape index (κ2) is 10.1. The first-order valence-electron chi connectivity index (χ1n) is 11.8. The van der Waals surface area contributed by atoms with Crippen molar-refractivity contribution in [3.8, 4) is 34.3 Å². The summed E-state index contributed by atoms with van der Waals surface area (Å²) in [5.74, 6) is 3.49. The minimum atomic E-state index is -0.602. The van der Waals surface area contributed by atoms with Crippen LogP contribution in [0.15, 0.2) is 54.6 Å². The largest absolute Gasteiger partial charge is 0.494 e. The van der Waals surface area contributed by atoms with E-state index in [9.17, 15) is 4.79 Å². The Balaban J connectivity index is 1.14. The van der Waals surface area contributed by atoms with Crippen LogP contribution in [0.2, 0.25) is 0 Å². The van der Waals surface area contributed by atoms with Gasteiger partial charge in [-0.3, -0.25) is 4.79 Å². The van der Waals surface area contributed by atoms with Crippen LogP contribution in [0.3, 0.4) is 0 Å². The number of benzene rings is 2. The minimum Gasteiger partial charge on any atom is -0.494 e. The van der Waals surface area contributed by atoms with Crippen molar-refractivity contribution in [3.05, 3.63) is 54.6 Å². The van der Waals surface area contributed by atoms with Crippen LogP contribution in [-0.2, 0) is 4.79 Å². The first kappa shape index (κ1) is 22.8. The molecule has 1 fully saturated rings. The Kier molecular flexibility index (Phi) is 6.56. The molecule has 3 aromatic rings. The highest BCUT2D eigenvalue weighted by molar-refractivity contribution is 5.81. The molecule has 3 heterocycles. The lowest BCUT2D eigenvalue weighted by molar-refractivity contribution is -0.138. The number of fused-ring (bicyclic) bond motifs is 1. The number of hydrogen-bond donors (Lipinski definition) is 0. The fourth-order valence-electron chi connectivity index (χ4n) is 4.15. The minimum absolute atomic E-state index is 0.0424. The highest BCUT2D eigenvalue weighted by Crippen LogP contribution is 2.35. The second-order valence-electron chi connectivity index (χ2n) is 8.32. The van der Waals surface area contributed by atoms with Crippen LogP contribution in [0.1, 0.15) is 13.8 Å². The number of carbonyl (C=O) groups is 1. The fourth-order valence-corrected chi connectivity index (χ4v) is 4.15. The van der Waals surface area contributed by atoms with Gasteiger partial charge in [0.25, 0.3) is 5.91 Å². The maximum absolute atomic E-state index is 12.9. The van der Waals surface area contributed by atoms with E-state index in [4.69, 9.17) is 18.9 Å². The van der Waals surface area contributed by atoms with E-state index in [2.05, 4.69) is 15.1 Å². The number of hydrogen-bond acceptors (Lipinski definition) is 8. The van der Waals surface area contributed by atoms with Crippen LogP contribution in [0.25, 0.3) is 11.3 Å². The van der Waals surface area contributed by atoms with Crippen LogP contribution >= 0.6 is 0 Å². The van der Waals surface area contributed by atoms with Gasteiger partial charge in [-0.25, -0.2) is 0 Å². The summed E-state index contributed by atoms with van der Waals surface area (Å²) in [6.45, 7) is 7.11. The predicted molar refractivity (Wildman–Crippen MR) is 130 cm³/mol. The summed E-state index contributed by atoms with van der Waals surface area (Å²) in [4.78, 5) is 16.9. The summed E-state index contributed by atoms with van der Waals surface area (Å²) in [5, 5.41) is 8.82. The van der Waals surface area contributed by atoms with E-state index >= 15 is 0 Å². The van der Waals surface area contributed by atoms with Gasteiger partial charge >= 0.3 is 0 Å². The van der Waals surface area contributed by atoms with Gasteiger partial charge in [0.1, 0.15) is 11.5 Å². The summed E-state index contributed by atoms with van der Waals surface area (Å²) in [7, 11) is 0. The van der Waals surface area contributed by atoms with E-state index in [1.54, 1.807) is 25.1 Å². The average Bonchev–Trinajstić information content (AvgIpc) is 3.37. The summed E-state index contributed by atoms with van der Waals surface area (Å²) in [6, 6.07) is 17.1. The topological polar surface area (TPSA) is 86.3 Å². The third kappa shape index (κ3) is 5.08. The van der Waals surface area contributed by atoms with Crippen LogP contribution < -0.4 is 23.8 Å². The van der Waals surface area contributed by atoms with Gasteiger partial charge in [0.05, 0.1) is 12.3 Å². The molecule has 9 heteroatoms. The molecule has 1 amide bonds. The van der Waals surface area contributed by atoms with E-state index in [1.165, 1.54) is 0 Å². The molecular weight excluding hydrogens is 448 g/mol. The molecule has 5 rings (SSSR count). The van der Waals surface area contributed by atoms with E-state index in [0.29, 0.717) is 50.0 Å². The Morgan fingerprint density at radius 1 is 0.943 bits per heavy atom. The number of ether oxygens (including phenoxy) is 4. The number of piperazine rings is 1. The molecule has 0 saturated carbocycles. The molecule has 0 aliphatic carbocycles. The van der Waals surface area contributed by atoms with Crippen molar-refractivity contribution in [1.29, 1.82) is 0 Å². The van der Waals surface area contributed by atoms with E-state index in [0.717, 1.165) is 22.8 Å². The van der Waals surface area contributed by atoms with Gasteiger partial charge in [0.2, 0.25) is 6.79 Å². The number of carbonyl (C=O) groups excluding carboxylic acids is 1. The number of nitrogens with zero attached hydrogens (tertiary/aromatic N) is 4. The summed E-state index contributed by atoms with van der Waals surface area (Å²) in [6.07, 6.45) is -0.602. The van der Waals surface area contributed by atoms with E-state index in [-0.39, 0.29) is 12.7 Å². The van der Waals surface area contributed by atoms with Gasteiger partial charge in [-0.15, -0.1) is 10.2 Å². The standard InChI is InChI=1S/C26H28N4O5/c1-3-32-20-6-4-19(5-7-20)22-9-11-25(28-27-22)29-12-14-30(15-13-29)26(31)18(2)35-21-8-10-23-24(16-21)34-17-33-23/h4-11,16,18H,3,12-15,17H2,1-2H3. The Bertz CT molecular complexity index is 1160. The van der Waals surface area contributed by atoms with Crippen LogP contribution in [0.4, 0.5) is 5.82 Å². The van der Waals surface area contributed by atoms with Gasteiger partial charge in [0.15, 0.2) is 23.4 Å². The zero-order chi connectivity index (χ0) is 24.2. The molecule has 1 aromatic heterocycles. The van der Waals surface area contributed by atoms with Gasteiger partial charge in [-0.2, -0.15) is 0 Å². The van der Waals surface area contributed by atoms with Gasteiger partial charge < -0.3 is 28.7 Å². The molecule has 2 aliphatic heterocycles. The molecule has 0 bridgehead atoms. The van der Waals surface area contributed by atoms with Crippen molar-refractivity contribution in [2.45, 2.75) is 20.0 Å². The number of aromatic nitrogens is 2. The van der Waals surface area contributed by atoms with Crippen molar-refractivity contribution in [1.82, 2.24) is 15.1 Å². The molecule has 2 aliphatic rings. The molecule has 0 N–H and O–H groups in total. The fraction of sp³-hybridized carbons (Fsp3) is 0.346. The summed E-state index contributed by atoms with van der Waals surface area (Å²) >= 11 is 0. The SMILES string of the molecule is CCOc1ccc(-c2ccc(N3CCN(C(=O)C(C)Oc4ccc5c(c4)OCO5)CC3)nn2)cc1. The first-order chi connectivity index (χ1) is 17.1. The zero-order valence-electron chi connectivity index (χ0n) is 19.8. The molecule has 182 valence electrons. The number of rotatable bonds is 7. The third-order valence-corrected chi connectivity index (χ3v) is 6.03. The second-order valence-corrected chi connectivity index (χ2v) is 8.32. The molecule has 2 aromatic carbocycles. The van der Waals surface area contributed by atoms with Crippen LogP contribution in [0.5, 0.6) is 23.0 Å². The first-order valence-corrected chi connectivity index (χ1v) is 11.8. The molecule has 1 saturated heterocycles. The Morgan fingerprint density at radius 3 is 2.40 bits per heavy atom. The molecule has 0 radical (unpaired) electrons. The Labute approximate surface area is 204 Å². The van der Waals surface area contributed by atoms with E-state index in [1.807, 2.05) is 48.2 Å². The monoisotopic (exact) mass is 476 g/mol. The smallest absolute Gasteiger partial charge is 0.263 e. The predicted octanol–water partition coefficient (Wildman–Crippen LogP) is 3.39. The summed E-state index contributed by atoms with van der Waals surface area (Å²) < 4.78 is 22.1. The van der Waals surface area contributed by atoms with Crippen molar-refractivity contribution in [2.75, 3.05) is 44.5 Å². The maximum Gasteiger partial charge on any atom is 0.263 e. The number of amides is 1. The highest BCUT2D eigenvalue weighted by atomic mass is 16.7. The van der Waals surface area contributed by atoms with Crippen molar-refractivity contribution >= 4 is 11.7 Å². The van der Waals surface area contributed by atoms with Crippen molar-refractivity contribution in [3.63, 3.8) is 0 Å². The lowest BCUT2D eigenvalue weighted by Gasteiger charge is -2.36. The molecule has 0 spiro atoms. The van der Waals surface area contributed by atoms with Crippen LogP contribution in [-0.4, -0.2) is 66.7 Å². The van der Waals surface area contributed by atoms with Gasteiger partial charge in [-0.05, 0) is 62.4 Å². The van der Waals surface area contributed by atoms with Crippen LogP contribution in [0, 0.1) is 0 Å². The highest BCUT2D eigenvalue weighted by Gasteiger charge is 2.27. The average molecular weight is 477 g/mol. The van der Waals surface area contributed by atoms with Crippen molar-refractivity contribution < 1.29 is 23.7 Å². The molecule has 9 nitrogen and oxygen atoms in total. The lowest BCUT2D eigenvalue weighted by Crippen LogP contribution is -2.52. The zero-order valence-corrected chi connectivity index (χ0v) is 19.8. The van der Waals surface area contributed by atoms with Crippen molar-refractivity contribution in [2.24, 2.45) is 0 Å². The summed E-state index contributed by atoms with van der Waals surface area (Å²) in [5.41, 5.74) is 1.79. The van der Waals surface area contributed by atoms with Gasteiger partial charge in [0, 0.05) is 37.8 Å². The van der Waals surface area contributed by atoms with Gasteiger partial charge in [-0.1, -0.05) is 0 Å². The lowest BCUT2D eigenvalue weighted by atomic mass is 10.1. The Hall–Kier alpha value is -4.01. The van der Waals surface area contributed by atoms with E-state index < -0.39 is 6.10 Å². The number of anilines is 1. The quantitative estimate of drug-likeness (QED) is 0.513. The molecule has 1 unspecified atom stereocenters. The Morgan fingerprint density at radius 2 is 1.69 bits per heavy atom. The maximum atomic E-state index is 12.9. The normalized spacial score (nSPS) is 15.6. The molecule has 35 heavy (non-hydrogen) atoms.